The van der Waals surface area contributed by atoms with Gasteiger partial charge in [-0.1, -0.05) is 12.8 Å². The Bertz CT molecular complexity index is 648. The lowest BCUT2D eigenvalue weighted by Crippen LogP contribution is -2.45. The number of hydrogen-bond acceptors (Lipinski definition) is 4. The Labute approximate surface area is 161 Å². The summed E-state index contributed by atoms with van der Waals surface area (Å²) >= 11 is 0. The van der Waals surface area contributed by atoms with Crippen molar-refractivity contribution in [2.24, 2.45) is 11.8 Å². The average Bonchev–Trinajstić information content (AvgIpc) is 3.26. The molecule has 3 rings (SSSR count). The van der Waals surface area contributed by atoms with Gasteiger partial charge in [0.15, 0.2) is 0 Å². The molecule has 2 amide bonds. The van der Waals surface area contributed by atoms with Crippen molar-refractivity contribution in [1.29, 1.82) is 0 Å². The first kappa shape index (κ1) is 19.5. The number of methoxy groups -OCH3 is 2. The van der Waals surface area contributed by atoms with Gasteiger partial charge in [-0.25, -0.2) is 0 Å². The molecule has 1 saturated heterocycles. The van der Waals surface area contributed by atoms with Gasteiger partial charge < -0.3 is 19.7 Å². The molecule has 0 spiro atoms. The van der Waals surface area contributed by atoms with Gasteiger partial charge >= 0.3 is 0 Å². The standard InChI is InChI=1S/C21H30N2O4/c1-26-18-10-17(11-19(12-18)27-2)20(24)22-13-15-6-5-9-23(14-15)21(25)16-7-3-4-8-16/h10-12,15-16H,3-9,13-14H2,1-2H3,(H,22,24). The Morgan fingerprint density at radius 3 is 2.33 bits per heavy atom. The van der Waals surface area contributed by atoms with E-state index >= 15 is 0 Å². The second-order valence-corrected chi connectivity index (χ2v) is 7.59. The monoisotopic (exact) mass is 374 g/mol. The largest absolute Gasteiger partial charge is 0.497 e. The van der Waals surface area contributed by atoms with E-state index in [2.05, 4.69) is 5.32 Å². The van der Waals surface area contributed by atoms with Crippen molar-refractivity contribution in [2.75, 3.05) is 33.9 Å². The highest BCUT2D eigenvalue weighted by molar-refractivity contribution is 5.95. The molecule has 1 aliphatic heterocycles. The summed E-state index contributed by atoms with van der Waals surface area (Å²) in [6, 6.07) is 5.15. The number of likely N-dealkylation sites (tertiary alicyclic amines) is 1. The van der Waals surface area contributed by atoms with Gasteiger partial charge in [0.2, 0.25) is 5.91 Å². The number of hydrogen-bond donors (Lipinski definition) is 1. The van der Waals surface area contributed by atoms with Gasteiger partial charge in [0.05, 0.1) is 14.2 Å². The lowest BCUT2D eigenvalue weighted by molar-refractivity contribution is -0.137. The molecular weight excluding hydrogens is 344 g/mol. The van der Waals surface area contributed by atoms with E-state index in [1.165, 1.54) is 12.8 Å². The van der Waals surface area contributed by atoms with Gasteiger partial charge in [0, 0.05) is 37.2 Å². The number of rotatable bonds is 6. The first-order chi connectivity index (χ1) is 13.1. The average molecular weight is 374 g/mol. The van der Waals surface area contributed by atoms with Crippen molar-refractivity contribution in [3.63, 3.8) is 0 Å². The highest BCUT2D eigenvalue weighted by Crippen LogP contribution is 2.28. The molecule has 1 heterocycles. The fraction of sp³-hybridized carbons (Fsp3) is 0.619. The second-order valence-electron chi connectivity index (χ2n) is 7.59. The summed E-state index contributed by atoms with van der Waals surface area (Å²) in [5.74, 6) is 1.88. The Balaban J connectivity index is 1.54. The maximum atomic E-state index is 12.7. The lowest BCUT2D eigenvalue weighted by atomic mass is 9.96. The fourth-order valence-corrected chi connectivity index (χ4v) is 4.14. The van der Waals surface area contributed by atoms with Crippen molar-refractivity contribution < 1.29 is 19.1 Å². The third-order valence-electron chi connectivity index (χ3n) is 5.70. The molecule has 1 N–H and O–H groups in total. The van der Waals surface area contributed by atoms with E-state index in [0.717, 1.165) is 38.8 Å². The smallest absolute Gasteiger partial charge is 0.251 e. The third-order valence-corrected chi connectivity index (χ3v) is 5.70. The minimum atomic E-state index is -0.147. The number of piperidine rings is 1. The van der Waals surface area contributed by atoms with Crippen molar-refractivity contribution in [3.05, 3.63) is 23.8 Å². The zero-order valence-corrected chi connectivity index (χ0v) is 16.3. The summed E-state index contributed by atoms with van der Waals surface area (Å²) in [6.07, 6.45) is 6.46. The lowest BCUT2D eigenvalue weighted by Gasteiger charge is -2.34. The van der Waals surface area contributed by atoms with Crippen molar-refractivity contribution >= 4 is 11.8 Å². The molecule has 2 fully saturated rings. The van der Waals surface area contributed by atoms with E-state index in [4.69, 9.17) is 9.47 Å². The summed E-state index contributed by atoms with van der Waals surface area (Å²) in [5, 5.41) is 3.01. The third kappa shape index (κ3) is 4.93. The molecule has 1 atom stereocenters. The molecule has 1 aromatic carbocycles. The molecule has 1 aromatic rings. The molecule has 0 aromatic heterocycles. The van der Waals surface area contributed by atoms with Crippen LogP contribution in [0.3, 0.4) is 0 Å². The maximum absolute atomic E-state index is 12.7. The summed E-state index contributed by atoms with van der Waals surface area (Å²) < 4.78 is 10.5. The summed E-state index contributed by atoms with van der Waals surface area (Å²) in [5.41, 5.74) is 0.515. The van der Waals surface area contributed by atoms with Gasteiger partial charge in [-0.15, -0.1) is 0 Å². The molecule has 0 bridgehead atoms. The molecule has 6 nitrogen and oxygen atoms in total. The Morgan fingerprint density at radius 2 is 1.70 bits per heavy atom. The van der Waals surface area contributed by atoms with E-state index in [9.17, 15) is 9.59 Å². The Hall–Kier alpha value is -2.24. The van der Waals surface area contributed by atoms with Gasteiger partial charge in [0.1, 0.15) is 11.5 Å². The number of nitrogens with zero attached hydrogens (tertiary/aromatic N) is 1. The minimum Gasteiger partial charge on any atom is -0.497 e. The first-order valence-corrected chi connectivity index (χ1v) is 9.90. The predicted molar refractivity (Wildman–Crippen MR) is 103 cm³/mol. The van der Waals surface area contributed by atoms with Gasteiger partial charge in [0.25, 0.3) is 5.91 Å². The molecule has 2 aliphatic rings. The molecule has 1 aliphatic carbocycles. The summed E-state index contributed by atoms with van der Waals surface area (Å²) in [7, 11) is 3.13. The van der Waals surface area contributed by atoms with Crippen LogP contribution in [-0.2, 0) is 4.79 Å². The van der Waals surface area contributed by atoms with Crippen molar-refractivity contribution in [1.82, 2.24) is 10.2 Å². The van der Waals surface area contributed by atoms with Crippen LogP contribution in [0.25, 0.3) is 0 Å². The van der Waals surface area contributed by atoms with Crippen LogP contribution in [0.15, 0.2) is 18.2 Å². The van der Waals surface area contributed by atoms with Crippen LogP contribution in [0, 0.1) is 11.8 Å². The number of amides is 2. The van der Waals surface area contributed by atoms with Crippen LogP contribution in [0.5, 0.6) is 11.5 Å². The molecule has 6 heteroatoms. The molecule has 148 valence electrons. The minimum absolute atomic E-state index is 0.147. The summed E-state index contributed by atoms with van der Waals surface area (Å²) in [6.45, 7) is 2.18. The predicted octanol–water partition coefficient (Wildman–Crippen LogP) is 2.86. The Kier molecular flexibility index (Phi) is 6.58. The van der Waals surface area contributed by atoms with Crippen LogP contribution < -0.4 is 14.8 Å². The topological polar surface area (TPSA) is 67.9 Å². The number of nitrogens with one attached hydrogen (secondary N) is 1. The van der Waals surface area contributed by atoms with Gasteiger partial charge in [-0.2, -0.15) is 0 Å². The second kappa shape index (κ2) is 9.11. The number of ether oxygens (including phenoxy) is 2. The van der Waals surface area contributed by atoms with E-state index in [-0.39, 0.29) is 11.8 Å². The number of carbonyl (C=O) groups is 2. The highest BCUT2D eigenvalue weighted by Gasteiger charge is 2.30. The quantitative estimate of drug-likeness (QED) is 0.831. The molecule has 1 saturated carbocycles. The van der Waals surface area contributed by atoms with Crippen molar-refractivity contribution in [2.45, 2.75) is 38.5 Å². The van der Waals surface area contributed by atoms with Crippen LogP contribution in [0.2, 0.25) is 0 Å². The van der Waals surface area contributed by atoms with Crippen LogP contribution >= 0.6 is 0 Å². The first-order valence-electron chi connectivity index (χ1n) is 9.90. The number of benzene rings is 1. The zero-order chi connectivity index (χ0) is 19.2. The SMILES string of the molecule is COc1cc(OC)cc(C(=O)NCC2CCCN(C(=O)C3CCCC3)C2)c1. The molecular formula is C21H30N2O4. The van der Waals surface area contributed by atoms with Crippen LogP contribution in [0.1, 0.15) is 48.9 Å². The Morgan fingerprint density at radius 1 is 1.04 bits per heavy atom. The van der Waals surface area contributed by atoms with Crippen LogP contribution in [0.4, 0.5) is 0 Å². The maximum Gasteiger partial charge on any atom is 0.251 e. The molecule has 1 unspecified atom stereocenters. The normalized spacial score (nSPS) is 20.4. The highest BCUT2D eigenvalue weighted by atomic mass is 16.5. The van der Waals surface area contributed by atoms with Crippen molar-refractivity contribution in [3.8, 4) is 11.5 Å². The van der Waals surface area contributed by atoms with Gasteiger partial charge in [-0.05, 0) is 43.7 Å². The van der Waals surface area contributed by atoms with E-state index in [0.29, 0.717) is 35.4 Å². The fourth-order valence-electron chi connectivity index (χ4n) is 4.14. The van der Waals surface area contributed by atoms with Crippen LogP contribution in [-0.4, -0.2) is 50.6 Å². The van der Waals surface area contributed by atoms with Gasteiger partial charge in [-0.3, -0.25) is 9.59 Å². The molecule has 27 heavy (non-hydrogen) atoms. The van der Waals surface area contributed by atoms with E-state index in [1.807, 2.05) is 4.90 Å². The van der Waals surface area contributed by atoms with E-state index in [1.54, 1.807) is 32.4 Å². The zero-order valence-electron chi connectivity index (χ0n) is 16.3. The number of carbonyl (C=O) groups excluding carboxylic acids is 2. The molecule has 0 radical (unpaired) electrons. The van der Waals surface area contributed by atoms with E-state index < -0.39 is 0 Å². The summed E-state index contributed by atoms with van der Waals surface area (Å²) in [4.78, 5) is 27.2.